The minimum Gasteiger partial charge on any atom is -0.507 e. The SMILES string of the molecule is O=[N+]([O-])c1cccc(Nc2nc(Cl)nc(N(c3ccccc3)c3ccc4c(O)cc(S(=O)(=O)O)cc4c3)n2)c1. The van der Waals surface area contributed by atoms with Crippen molar-refractivity contribution in [2.24, 2.45) is 0 Å². The molecule has 4 aromatic carbocycles. The molecule has 14 heteroatoms. The Bertz CT molecular complexity index is 1840. The fourth-order valence-electron chi connectivity index (χ4n) is 3.88. The first kappa shape index (κ1) is 25.8. The molecule has 3 N–H and O–H groups in total. The largest absolute Gasteiger partial charge is 0.507 e. The summed E-state index contributed by atoms with van der Waals surface area (Å²) in [6.07, 6.45) is 0. The maximum Gasteiger partial charge on any atom is 0.294 e. The minimum absolute atomic E-state index is 0.0125. The maximum atomic E-state index is 11.7. The number of anilines is 5. The number of halogens is 1. The number of fused-ring (bicyclic) bond motifs is 1. The van der Waals surface area contributed by atoms with E-state index in [9.17, 15) is 28.2 Å². The van der Waals surface area contributed by atoms with Gasteiger partial charge in [-0.15, -0.1) is 0 Å². The van der Waals surface area contributed by atoms with Crippen molar-refractivity contribution in [3.05, 3.63) is 100 Å². The second kappa shape index (κ2) is 10.1. The van der Waals surface area contributed by atoms with E-state index in [1.165, 1.54) is 24.3 Å². The Hall–Kier alpha value is -4.85. The van der Waals surface area contributed by atoms with Gasteiger partial charge in [0.05, 0.1) is 9.82 Å². The van der Waals surface area contributed by atoms with Gasteiger partial charge in [0.2, 0.25) is 17.2 Å². The Morgan fingerprint density at radius 3 is 2.38 bits per heavy atom. The van der Waals surface area contributed by atoms with Gasteiger partial charge in [0.25, 0.3) is 15.8 Å². The summed E-state index contributed by atoms with van der Waals surface area (Å²) in [7, 11) is -4.58. The molecule has 12 nitrogen and oxygen atoms in total. The lowest BCUT2D eigenvalue weighted by Gasteiger charge is -2.24. The number of hydrogen-bond acceptors (Lipinski definition) is 10. The molecule has 0 spiro atoms. The number of benzene rings is 4. The normalized spacial score (nSPS) is 11.3. The van der Waals surface area contributed by atoms with Gasteiger partial charge in [0.1, 0.15) is 5.75 Å². The number of hydrogen-bond donors (Lipinski definition) is 3. The van der Waals surface area contributed by atoms with Gasteiger partial charge >= 0.3 is 0 Å². The number of non-ortho nitro benzene ring substituents is 1. The van der Waals surface area contributed by atoms with Crippen LogP contribution >= 0.6 is 11.6 Å². The van der Waals surface area contributed by atoms with Crippen molar-refractivity contribution in [2.45, 2.75) is 4.90 Å². The Morgan fingerprint density at radius 2 is 1.67 bits per heavy atom. The lowest BCUT2D eigenvalue weighted by molar-refractivity contribution is -0.384. The van der Waals surface area contributed by atoms with Gasteiger partial charge in [0, 0.05) is 40.6 Å². The molecule has 0 aliphatic carbocycles. The summed E-state index contributed by atoms with van der Waals surface area (Å²) in [6.45, 7) is 0. The molecular weight excluding hydrogens is 548 g/mol. The number of nitro groups is 1. The van der Waals surface area contributed by atoms with Crippen LogP contribution in [0.3, 0.4) is 0 Å². The first-order valence-electron chi connectivity index (χ1n) is 11.1. The molecular formula is C25H17ClN6O6S. The maximum absolute atomic E-state index is 11.7. The average molecular weight is 565 g/mol. The van der Waals surface area contributed by atoms with E-state index in [4.69, 9.17) is 11.6 Å². The monoisotopic (exact) mass is 564 g/mol. The van der Waals surface area contributed by atoms with E-state index < -0.39 is 19.9 Å². The first-order chi connectivity index (χ1) is 18.6. The van der Waals surface area contributed by atoms with Gasteiger partial charge in [-0.2, -0.15) is 23.4 Å². The fraction of sp³-hybridized carbons (Fsp3) is 0. The molecule has 0 radical (unpaired) electrons. The van der Waals surface area contributed by atoms with Crippen LogP contribution < -0.4 is 10.2 Å². The third-order valence-corrected chi connectivity index (χ3v) is 6.57. The second-order valence-electron chi connectivity index (χ2n) is 8.15. The van der Waals surface area contributed by atoms with Crippen LogP contribution in [-0.2, 0) is 10.1 Å². The second-order valence-corrected chi connectivity index (χ2v) is 9.91. The van der Waals surface area contributed by atoms with E-state index in [0.29, 0.717) is 27.8 Å². The van der Waals surface area contributed by atoms with E-state index in [0.717, 1.165) is 6.07 Å². The van der Waals surface area contributed by atoms with Gasteiger partial charge < -0.3 is 10.4 Å². The summed E-state index contributed by atoms with van der Waals surface area (Å²) in [5.74, 6) is -0.244. The Labute approximate surface area is 226 Å². The van der Waals surface area contributed by atoms with Crippen LogP contribution in [0.15, 0.2) is 89.8 Å². The summed E-state index contributed by atoms with van der Waals surface area (Å²) in [5, 5.41) is 24.9. The molecule has 0 unspecified atom stereocenters. The van der Waals surface area contributed by atoms with Crippen LogP contribution in [0.4, 0.5) is 34.6 Å². The molecule has 0 amide bonds. The Balaban J connectivity index is 1.64. The van der Waals surface area contributed by atoms with Crippen molar-refractivity contribution in [2.75, 3.05) is 10.2 Å². The van der Waals surface area contributed by atoms with E-state index in [1.54, 1.807) is 53.4 Å². The van der Waals surface area contributed by atoms with Crippen LogP contribution in [0, 0.1) is 10.1 Å². The zero-order chi connectivity index (χ0) is 27.7. The molecule has 5 rings (SSSR count). The molecule has 0 saturated heterocycles. The van der Waals surface area contributed by atoms with E-state index in [2.05, 4.69) is 20.3 Å². The van der Waals surface area contributed by atoms with Crippen molar-refractivity contribution < 1.29 is 23.0 Å². The van der Waals surface area contributed by atoms with E-state index in [-0.39, 0.29) is 28.6 Å². The molecule has 0 aliphatic rings. The number of nitrogens with zero attached hydrogens (tertiary/aromatic N) is 5. The summed E-state index contributed by atoms with van der Waals surface area (Å²) >= 11 is 6.24. The third kappa shape index (κ3) is 5.55. The summed E-state index contributed by atoms with van der Waals surface area (Å²) in [5.41, 5.74) is 1.29. The standard InChI is InChI=1S/C25H17ClN6O6S/c26-23-28-24(27-16-5-4-8-19(13-16)32(34)35)30-25(29-23)31(17-6-2-1-3-7-17)18-9-10-21-15(11-18)12-20(14-22(21)33)39(36,37)38/h1-14,33H,(H,36,37,38)(H,27,28,29,30). The number of phenols is 1. The smallest absolute Gasteiger partial charge is 0.294 e. The van der Waals surface area contributed by atoms with Crippen LogP contribution in [-0.4, -0.2) is 38.0 Å². The predicted molar refractivity (Wildman–Crippen MR) is 145 cm³/mol. The third-order valence-electron chi connectivity index (χ3n) is 5.57. The molecule has 196 valence electrons. The van der Waals surface area contributed by atoms with Gasteiger partial charge in [-0.25, -0.2) is 0 Å². The Morgan fingerprint density at radius 1 is 0.897 bits per heavy atom. The highest BCUT2D eigenvalue weighted by molar-refractivity contribution is 7.85. The molecule has 0 fully saturated rings. The Kier molecular flexibility index (Phi) is 6.70. The van der Waals surface area contributed by atoms with Crippen molar-refractivity contribution in [1.29, 1.82) is 0 Å². The van der Waals surface area contributed by atoms with Crippen LogP contribution in [0.5, 0.6) is 5.75 Å². The minimum atomic E-state index is -4.58. The van der Waals surface area contributed by atoms with Crippen LogP contribution in [0.1, 0.15) is 0 Å². The van der Waals surface area contributed by atoms with Gasteiger partial charge in [0.15, 0.2) is 0 Å². The molecule has 39 heavy (non-hydrogen) atoms. The summed E-state index contributed by atoms with van der Waals surface area (Å²) < 4.78 is 32.9. The predicted octanol–water partition coefficient (Wildman–Crippen LogP) is 5.75. The van der Waals surface area contributed by atoms with Gasteiger partial charge in [-0.3, -0.25) is 19.6 Å². The molecule has 0 saturated carbocycles. The number of aromatic nitrogens is 3. The number of phenolic OH excluding ortho intramolecular Hbond substituents is 1. The van der Waals surface area contributed by atoms with Gasteiger partial charge in [-0.05, 0) is 59.5 Å². The van der Waals surface area contributed by atoms with E-state index >= 15 is 0 Å². The van der Waals surface area contributed by atoms with Crippen molar-refractivity contribution >= 4 is 67.1 Å². The highest BCUT2D eigenvalue weighted by Gasteiger charge is 2.20. The van der Waals surface area contributed by atoms with Crippen LogP contribution in [0.25, 0.3) is 10.8 Å². The lowest BCUT2D eigenvalue weighted by atomic mass is 10.1. The molecule has 1 aromatic heterocycles. The molecule has 0 bridgehead atoms. The fourth-order valence-corrected chi connectivity index (χ4v) is 4.57. The average Bonchev–Trinajstić information content (AvgIpc) is 2.88. The topological polar surface area (TPSA) is 172 Å². The first-order valence-corrected chi connectivity index (χ1v) is 12.9. The number of nitrogens with one attached hydrogen (secondary N) is 1. The number of nitro benzene ring substituents is 1. The van der Waals surface area contributed by atoms with E-state index in [1.807, 2.05) is 6.07 Å². The highest BCUT2D eigenvalue weighted by atomic mass is 35.5. The number of aromatic hydroxyl groups is 1. The molecule has 1 heterocycles. The number of para-hydroxylation sites is 1. The molecule has 0 atom stereocenters. The van der Waals surface area contributed by atoms with Gasteiger partial charge in [-0.1, -0.05) is 24.3 Å². The zero-order valence-electron chi connectivity index (χ0n) is 19.6. The summed E-state index contributed by atoms with van der Waals surface area (Å²) in [6, 6.07) is 21.7. The highest BCUT2D eigenvalue weighted by Crippen LogP contribution is 2.37. The molecule has 5 aromatic rings. The zero-order valence-corrected chi connectivity index (χ0v) is 21.2. The molecule has 0 aliphatic heterocycles. The van der Waals surface area contributed by atoms with Crippen molar-refractivity contribution in [1.82, 2.24) is 15.0 Å². The van der Waals surface area contributed by atoms with Crippen molar-refractivity contribution in [3.8, 4) is 5.75 Å². The van der Waals surface area contributed by atoms with Crippen LogP contribution in [0.2, 0.25) is 5.28 Å². The quantitative estimate of drug-likeness (QED) is 0.125. The lowest BCUT2D eigenvalue weighted by Crippen LogP contribution is -2.15. The number of rotatable bonds is 7. The summed E-state index contributed by atoms with van der Waals surface area (Å²) in [4.78, 5) is 24.6. The van der Waals surface area contributed by atoms with Crippen molar-refractivity contribution in [3.63, 3.8) is 0 Å².